The first-order chi connectivity index (χ1) is 27.3. The molecule has 0 radical (unpaired) electrons. The molecule has 2 aliphatic heterocycles. The number of nitrogen functional groups attached to an aromatic ring is 2. The monoisotopic (exact) mass is 900 g/mol. The molecule has 16 heteroatoms. The Balaban J connectivity index is 0.875. The lowest BCUT2D eigenvalue weighted by molar-refractivity contribution is -0.0825. The highest BCUT2D eigenvalue weighted by molar-refractivity contribution is 14.1. The lowest BCUT2D eigenvalue weighted by atomic mass is 10.1. The molecule has 0 saturated carbocycles. The third kappa shape index (κ3) is 9.55. The second-order valence-electron chi connectivity index (χ2n) is 13.1. The lowest BCUT2D eigenvalue weighted by Gasteiger charge is -2.42. The van der Waals surface area contributed by atoms with Crippen molar-refractivity contribution in [3.8, 4) is 0 Å². The van der Waals surface area contributed by atoms with Crippen LogP contribution in [0, 0.1) is 9.39 Å². The predicted octanol–water partition coefficient (Wildman–Crippen LogP) is 8.07. The van der Waals surface area contributed by atoms with Gasteiger partial charge in [0.1, 0.15) is 22.3 Å². The molecule has 4 aromatic carbocycles. The highest BCUT2D eigenvalue weighted by atomic mass is 127. The van der Waals surface area contributed by atoms with Gasteiger partial charge in [-0.05, 0) is 114 Å². The summed E-state index contributed by atoms with van der Waals surface area (Å²) >= 11 is 5.05. The summed E-state index contributed by atoms with van der Waals surface area (Å²) < 4.78 is 28.1. The zero-order chi connectivity index (χ0) is 38.4. The van der Waals surface area contributed by atoms with Crippen LogP contribution in [0.1, 0.15) is 0 Å². The van der Waals surface area contributed by atoms with Gasteiger partial charge < -0.3 is 41.4 Å². The van der Waals surface area contributed by atoms with E-state index in [1.807, 2.05) is 66.9 Å². The van der Waals surface area contributed by atoms with E-state index >= 15 is 0 Å². The largest absolute Gasteiger partial charge is 0.399 e. The Labute approximate surface area is 346 Å². The van der Waals surface area contributed by atoms with E-state index in [2.05, 4.69) is 82.2 Å². The number of morpholine rings is 2. The Hall–Kier alpha value is -4.88. The smallest absolute Gasteiger partial charge is 0.228 e. The molecule has 0 amide bonds. The van der Waals surface area contributed by atoms with Crippen LogP contribution in [-0.4, -0.2) is 71.5 Å². The van der Waals surface area contributed by atoms with E-state index in [1.54, 1.807) is 23.9 Å². The van der Waals surface area contributed by atoms with E-state index < -0.39 is 5.82 Å². The average molecular weight is 901 g/mol. The molecule has 0 spiro atoms. The molecule has 6 N–H and O–H groups in total. The summed E-state index contributed by atoms with van der Waals surface area (Å²) in [7, 11) is 0. The van der Waals surface area contributed by atoms with Gasteiger partial charge in [-0.2, -0.15) is 0 Å². The third-order valence-electron chi connectivity index (χ3n) is 9.17. The quantitative estimate of drug-likeness (QED) is 0.0563. The first kappa shape index (κ1) is 38.0. The fourth-order valence-electron chi connectivity index (χ4n) is 6.33. The van der Waals surface area contributed by atoms with E-state index in [-0.39, 0.29) is 17.2 Å². The molecule has 2 fully saturated rings. The zero-order valence-corrected chi connectivity index (χ0v) is 33.8. The Kier molecular flexibility index (Phi) is 11.9. The van der Waals surface area contributed by atoms with E-state index in [9.17, 15) is 4.39 Å². The van der Waals surface area contributed by atoms with Crippen LogP contribution in [-0.2, 0) is 9.47 Å². The first-order valence-electron chi connectivity index (χ1n) is 17.9. The van der Waals surface area contributed by atoms with Gasteiger partial charge in [-0.1, -0.05) is 29.6 Å². The van der Waals surface area contributed by atoms with Crippen molar-refractivity contribution >= 4 is 92.1 Å². The number of nitrogens with two attached hydrogens (primary N) is 2. The Morgan fingerprint density at radius 2 is 1.21 bits per heavy atom. The van der Waals surface area contributed by atoms with E-state index in [0.717, 1.165) is 59.9 Å². The van der Waals surface area contributed by atoms with Gasteiger partial charge in [0.15, 0.2) is 5.82 Å². The summed E-state index contributed by atoms with van der Waals surface area (Å²) in [5.41, 5.74) is 16.9. The number of aromatic nitrogens is 4. The molecule has 0 aliphatic carbocycles. The van der Waals surface area contributed by atoms with Crippen LogP contribution >= 0.6 is 46.1 Å². The van der Waals surface area contributed by atoms with Gasteiger partial charge in [0.05, 0.1) is 23.0 Å². The molecule has 2 aliphatic rings. The summed E-state index contributed by atoms with van der Waals surface area (Å²) in [6.07, 6.45) is 2.80. The van der Waals surface area contributed by atoms with Gasteiger partial charge in [0.2, 0.25) is 11.9 Å². The topological polar surface area (TPSA) is 153 Å². The van der Waals surface area contributed by atoms with Gasteiger partial charge in [0, 0.05) is 76.3 Å². The van der Waals surface area contributed by atoms with Gasteiger partial charge in [-0.15, -0.1) is 0 Å². The Morgan fingerprint density at radius 3 is 1.86 bits per heavy atom. The third-order valence-corrected chi connectivity index (χ3v) is 12.3. The molecule has 56 heavy (non-hydrogen) atoms. The van der Waals surface area contributed by atoms with Gasteiger partial charge in [-0.3, -0.25) is 0 Å². The maximum Gasteiger partial charge on any atom is 0.228 e. The minimum absolute atomic E-state index is 0.104. The first-order valence-corrected chi connectivity index (χ1v) is 20.6. The highest BCUT2D eigenvalue weighted by Crippen LogP contribution is 2.33. The van der Waals surface area contributed by atoms with Crippen molar-refractivity contribution in [2.75, 3.05) is 71.3 Å². The van der Waals surface area contributed by atoms with Crippen molar-refractivity contribution in [3.05, 3.63) is 119 Å². The number of hydrogen-bond donors (Lipinski definition) is 4. The summed E-state index contributed by atoms with van der Waals surface area (Å²) in [6.45, 7) is 4.12. The van der Waals surface area contributed by atoms with Crippen LogP contribution in [0.15, 0.2) is 129 Å². The zero-order valence-electron chi connectivity index (χ0n) is 30.0. The number of benzene rings is 4. The number of halogens is 2. The van der Waals surface area contributed by atoms with Gasteiger partial charge >= 0.3 is 0 Å². The van der Waals surface area contributed by atoms with Crippen LogP contribution < -0.4 is 31.9 Å². The van der Waals surface area contributed by atoms with Crippen molar-refractivity contribution in [1.82, 2.24) is 19.9 Å². The number of hydrogen-bond acceptors (Lipinski definition) is 14. The van der Waals surface area contributed by atoms with E-state index in [0.29, 0.717) is 43.9 Å². The molecule has 286 valence electrons. The van der Waals surface area contributed by atoms with Crippen molar-refractivity contribution in [3.63, 3.8) is 0 Å². The number of nitrogens with one attached hydrogen (secondary N) is 2. The standard InChI is InChI=1S/C40H38FIN10O2S2/c41-33-21-45-39(49-37(33)55-31-12-4-25(43)5-13-31)47-27-8-10-29(11-9-27)51-16-18-53-35(23-51)36-24-52(17-19-54-36)30-3-1-2-28(20-30)48-40-46-22-34(42)38(50-40)56-32-14-6-26(44)7-15-32/h1-15,20-22,35-36H,16-19,23-24,43-44H2,(H,45,47,49)(H,46,48,50). The molecule has 2 saturated heterocycles. The van der Waals surface area contributed by atoms with Gasteiger partial charge in [-0.25, -0.2) is 24.3 Å². The van der Waals surface area contributed by atoms with Crippen LogP contribution in [0.3, 0.4) is 0 Å². The number of ether oxygens (including phenoxy) is 2. The Bertz CT molecular complexity index is 2270. The molecule has 2 atom stereocenters. The highest BCUT2D eigenvalue weighted by Gasteiger charge is 2.33. The van der Waals surface area contributed by atoms with Gasteiger partial charge in [0.25, 0.3) is 0 Å². The SMILES string of the molecule is Nc1ccc(Sc2nc(Nc3ccc(N4CCOC(C5CN(c6cccc(Nc7ncc(I)c(Sc8ccc(N)cc8)n7)c6)CCO5)C4)cc3)ncc2F)cc1. The van der Waals surface area contributed by atoms with Crippen molar-refractivity contribution < 1.29 is 13.9 Å². The second kappa shape index (κ2) is 17.5. The molecule has 4 heterocycles. The second-order valence-corrected chi connectivity index (χ2v) is 16.4. The number of anilines is 8. The molecule has 2 unspecified atom stereocenters. The van der Waals surface area contributed by atoms with E-state index in [1.165, 1.54) is 18.0 Å². The van der Waals surface area contributed by atoms with Crippen LogP contribution in [0.4, 0.5) is 50.4 Å². The molecule has 12 nitrogen and oxygen atoms in total. The van der Waals surface area contributed by atoms with Crippen molar-refractivity contribution in [2.45, 2.75) is 32.1 Å². The maximum absolute atomic E-state index is 14.5. The van der Waals surface area contributed by atoms with Crippen molar-refractivity contribution in [2.24, 2.45) is 0 Å². The molecule has 0 bridgehead atoms. The van der Waals surface area contributed by atoms with Crippen LogP contribution in [0.5, 0.6) is 0 Å². The molecule has 2 aromatic heterocycles. The molecular formula is C40H38FIN10O2S2. The number of nitrogens with zero attached hydrogens (tertiary/aromatic N) is 6. The summed E-state index contributed by atoms with van der Waals surface area (Å²) in [5.74, 6) is 0.353. The Morgan fingerprint density at radius 1 is 0.661 bits per heavy atom. The minimum atomic E-state index is -0.488. The fraction of sp³-hybridized carbons (Fsp3) is 0.200. The lowest BCUT2D eigenvalue weighted by Crippen LogP contribution is -2.55. The number of rotatable bonds is 11. The van der Waals surface area contributed by atoms with E-state index in [4.69, 9.17) is 25.9 Å². The average Bonchev–Trinajstić information content (AvgIpc) is 3.22. The molecule has 6 aromatic rings. The summed E-state index contributed by atoms with van der Waals surface area (Å²) in [4.78, 5) is 24.4. The van der Waals surface area contributed by atoms with Crippen LogP contribution in [0.2, 0.25) is 0 Å². The minimum Gasteiger partial charge on any atom is -0.399 e. The fourth-order valence-corrected chi connectivity index (χ4v) is 8.47. The summed E-state index contributed by atoms with van der Waals surface area (Å²) in [5, 5.41) is 7.70. The molecular weight excluding hydrogens is 863 g/mol. The maximum atomic E-state index is 14.5. The normalized spacial score (nSPS) is 17.1. The predicted molar refractivity (Wildman–Crippen MR) is 230 cm³/mol. The molecule has 8 rings (SSSR count). The van der Waals surface area contributed by atoms with Crippen LogP contribution in [0.25, 0.3) is 0 Å². The van der Waals surface area contributed by atoms with Crippen molar-refractivity contribution in [1.29, 1.82) is 0 Å². The summed E-state index contributed by atoms with van der Waals surface area (Å²) in [6, 6.07) is 31.3.